The Morgan fingerprint density at radius 1 is 1.29 bits per heavy atom. The highest BCUT2D eigenvalue weighted by Gasteiger charge is 2.16. The van der Waals surface area contributed by atoms with E-state index >= 15 is 0 Å². The van der Waals surface area contributed by atoms with Gasteiger partial charge < -0.3 is 15.2 Å². The zero-order valence-electron chi connectivity index (χ0n) is 11.5. The van der Waals surface area contributed by atoms with Gasteiger partial charge in [0.25, 0.3) is 5.69 Å². The van der Waals surface area contributed by atoms with Gasteiger partial charge in [-0.05, 0) is 11.6 Å². The molecule has 21 heavy (non-hydrogen) atoms. The number of nitrogens with one attached hydrogen (secondary N) is 1. The van der Waals surface area contributed by atoms with Gasteiger partial charge in [0.2, 0.25) is 0 Å². The van der Waals surface area contributed by atoms with Crippen molar-refractivity contribution >= 4 is 11.4 Å². The van der Waals surface area contributed by atoms with Crippen LogP contribution in [-0.4, -0.2) is 23.7 Å². The van der Waals surface area contributed by atoms with Crippen molar-refractivity contribution in [3.63, 3.8) is 0 Å². The maximum atomic E-state index is 10.9. The fraction of sp³-hybridized carbons (Fsp3) is 0.200. The van der Waals surface area contributed by atoms with E-state index in [4.69, 9.17) is 4.74 Å². The zero-order chi connectivity index (χ0) is 15.2. The second-order valence-electron chi connectivity index (χ2n) is 4.39. The van der Waals surface area contributed by atoms with E-state index in [2.05, 4.69) is 5.32 Å². The maximum Gasteiger partial charge on any atom is 0.292 e. The Balaban J connectivity index is 2.24. The van der Waals surface area contributed by atoms with Gasteiger partial charge in [0.1, 0.15) is 17.5 Å². The molecule has 2 rings (SSSR count). The van der Waals surface area contributed by atoms with Crippen LogP contribution in [0.15, 0.2) is 48.5 Å². The quantitative estimate of drug-likeness (QED) is 0.630. The molecule has 1 atom stereocenters. The Bertz CT molecular complexity index is 616. The van der Waals surface area contributed by atoms with Crippen LogP contribution >= 0.6 is 0 Å². The summed E-state index contributed by atoms with van der Waals surface area (Å²) >= 11 is 0. The summed E-state index contributed by atoms with van der Waals surface area (Å²) in [5.74, 6) is 0.452. The Hall–Kier alpha value is -2.60. The number of rotatable bonds is 6. The molecular formula is C15H16N2O4. The van der Waals surface area contributed by atoms with Gasteiger partial charge in [-0.2, -0.15) is 0 Å². The fourth-order valence-electron chi connectivity index (χ4n) is 1.99. The van der Waals surface area contributed by atoms with Crippen LogP contribution in [0.25, 0.3) is 0 Å². The van der Waals surface area contributed by atoms with Crippen molar-refractivity contribution in [1.29, 1.82) is 0 Å². The average molecular weight is 288 g/mol. The van der Waals surface area contributed by atoms with Gasteiger partial charge in [-0.3, -0.25) is 10.1 Å². The van der Waals surface area contributed by atoms with Crippen molar-refractivity contribution in [2.24, 2.45) is 0 Å². The molecule has 6 nitrogen and oxygen atoms in total. The molecule has 0 saturated heterocycles. The van der Waals surface area contributed by atoms with Crippen LogP contribution in [0.3, 0.4) is 0 Å². The van der Waals surface area contributed by atoms with Gasteiger partial charge in [0.15, 0.2) is 0 Å². The van der Waals surface area contributed by atoms with Crippen LogP contribution < -0.4 is 10.1 Å². The van der Waals surface area contributed by atoms with Crippen LogP contribution in [0, 0.1) is 10.1 Å². The number of nitro groups is 1. The summed E-state index contributed by atoms with van der Waals surface area (Å²) in [6, 6.07) is 13.7. The highest BCUT2D eigenvalue weighted by atomic mass is 16.6. The van der Waals surface area contributed by atoms with Crippen molar-refractivity contribution in [2.45, 2.75) is 6.10 Å². The molecule has 110 valence electrons. The maximum absolute atomic E-state index is 10.9. The second kappa shape index (κ2) is 6.71. The topological polar surface area (TPSA) is 84.6 Å². The summed E-state index contributed by atoms with van der Waals surface area (Å²) in [4.78, 5) is 10.4. The summed E-state index contributed by atoms with van der Waals surface area (Å²) in [6.07, 6.45) is -0.516. The van der Waals surface area contributed by atoms with Gasteiger partial charge in [-0.15, -0.1) is 0 Å². The van der Waals surface area contributed by atoms with Gasteiger partial charge >= 0.3 is 0 Å². The van der Waals surface area contributed by atoms with Crippen molar-refractivity contribution in [3.05, 3.63) is 64.2 Å². The minimum absolute atomic E-state index is 0.0230. The predicted octanol–water partition coefficient (Wildman–Crippen LogP) is 2.75. The lowest BCUT2D eigenvalue weighted by Gasteiger charge is -2.17. The van der Waals surface area contributed by atoms with Crippen molar-refractivity contribution in [1.82, 2.24) is 0 Å². The molecule has 2 aromatic carbocycles. The third-order valence-corrected chi connectivity index (χ3v) is 3.05. The van der Waals surface area contributed by atoms with Gasteiger partial charge in [-0.25, -0.2) is 0 Å². The number of nitro benzene ring substituents is 1. The highest BCUT2D eigenvalue weighted by molar-refractivity contribution is 5.63. The first kappa shape index (κ1) is 14.8. The minimum Gasteiger partial charge on any atom is -0.483 e. The number of aliphatic hydroxyl groups is 1. The van der Waals surface area contributed by atoms with E-state index in [-0.39, 0.29) is 12.3 Å². The number of ether oxygens (including phenoxy) is 1. The molecule has 0 fully saturated rings. The third kappa shape index (κ3) is 3.49. The van der Waals surface area contributed by atoms with Gasteiger partial charge in [-0.1, -0.05) is 30.3 Å². The molecule has 2 N–H and O–H groups in total. The molecule has 0 heterocycles. The molecule has 0 aliphatic rings. The van der Waals surface area contributed by atoms with Gasteiger partial charge in [0.05, 0.1) is 11.5 Å². The monoisotopic (exact) mass is 288 g/mol. The van der Waals surface area contributed by atoms with Crippen molar-refractivity contribution in [2.75, 3.05) is 19.0 Å². The molecule has 0 bridgehead atoms. The summed E-state index contributed by atoms with van der Waals surface area (Å²) in [5.41, 5.74) is 1.18. The summed E-state index contributed by atoms with van der Waals surface area (Å²) in [7, 11) is 1.60. The zero-order valence-corrected chi connectivity index (χ0v) is 11.5. The van der Waals surface area contributed by atoms with Crippen LogP contribution in [-0.2, 0) is 0 Å². The normalized spacial score (nSPS) is 11.7. The number of benzene rings is 2. The van der Waals surface area contributed by atoms with E-state index in [1.54, 1.807) is 13.1 Å². The Morgan fingerprint density at radius 3 is 2.57 bits per heavy atom. The van der Waals surface area contributed by atoms with Crippen molar-refractivity contribution in [3.8, 4) is 5.75 Å². The van der Waals surface area contributed by atoms with E-state index < -0.39 is 11.0 Å². The lowest BCUT2D eigenvalue weighted by atomic mass is 10.1. The first-order valence-corrected chi connectivity index (χ1v) is 6.44. The lowest BCUT2D eigenvalue weighted by molar-refractivity contribution is -0.384. The summed E-state index contributed by atoms with van der Waals surface area (Å²) in [6.45, 7) is -0.185. The number of nitrogens with zero attached hydrogens (tertiary/aromatic N) is 1. The van der Waals surface area contributed by atoms with E-state index in [0.717, 1.165) is 5.56 Å². The molecule has 2 aromatic rings. The molecule has 0 spiro atoms. The van der Waals surface area contributed by atoms with E-state index in [1.807, 2.05) is 30.3 Å². The molecule has 0 amide bonds. The molecule has 1 unspecified atom stereocenters. The minimum atomic E-state index is -0.516. The molecule has 6 heteroatoms. The Labute approximate surface area is 122 Å². The predicted molar refractivity (Wildman–Crippen MR) is 79.5 cm³/mol. The van der Waals surface area contributed by atoms with Crippen LogP contribution in [0.1, 0.15) is 11.7 Å². The molecular weight excluding hydrogens is 272 g/mol. The largest absolute Gasteiger partial charge is 0.483 e. The number of hydrogen-bond acceptors (Lipinski definition) is 5. The van der Waals surface area contributed by atoms with E-state index in [9.17, 15) is 15.2 Å². The SMILES string of the molecule is CNc1cc(OC(CO)c2ccccc2)ccc1[N+](=O)[O-]. The van der Waals surface area contributed by atoms with E-state index in [0.29, 0.717) is 11.4 Å². The van der Waals surface area contributed by atoms with E-state index in [1.165, 1.54) is 12.1 Å². The smallest absolute Gasteiger partial charge is 0.292 e. The van der Waals surface area contributed by atoms with Gasteiger partial charge in [0, 0.05) is 19.2 Å². The van der Waals surface area contributed by atoms with Crippen LogP contribution in [0.2, 0.25) is 0 Å². The average Bonchev–Trinajstić information content (AvgIpc) is 2.53. The Kier molecular flexibility index (Phi) is 4.73. The summed E-state index contributed by atoms with van der Waals surface area (Å²) in [5, 5.41) is 23.1. The molecule has 0 aromatic heterocycles. The third-order valence-electron chi connectivity index (χ3n) is 3.05. The van der Waals surface area contributed by atoms with Crippen LogP contribution in [0.5, 0.6) is 5.75 Å². The summed E-state index contributed by atoms with van der Waals surface area (Å²) < 4.78 is 5.71. The first-order valence-electron chi connectivity index (χ1n) is 6.44. The van der Waals surface area contributed by atoms with Crippen LogP contribution in [0.4, 0.5) is 11.4 Å². The first-order chi connectivity index (χ1) is 10.2. The molecule has 0 aliphatic heterocycles. The molecule has 0 radical (unpaired) electrons. The standard InChI is InChI=1S/C15H16N2O4/c1-16-13-9-12(7-8-14(13)17(19)20)21-15(10-18)11-5-3-2-4-6-11/h2-9,15-16,18H,10H2,1H3. The second-order valence-corrected chi connectivity index (χ2v) is 4.39. The highest BCUT2D eigenvalue weighted by Crippen LogP contribution is 2.30. The van der Waals surface area contributed by atoms with Crippen molar-refractivity contribution < 1.29 is 14.8 Å². The number of aliphatic hydroxyl groups excluding tert-OH is 1. The molecule has 0 saturated carbocycles. The molecule has 0 aliphatic carbocycles. The lowest BCUT2D eigenvalue weighted by Crippen LogP contribution is -2.12. The number of hydrogen-bond donors (Lipinski definition) is 2. The Morgan fingerprint density at radius 2 is 2.00 bits per heavy atom. The fourth-order valence-corrected chi connectivity index (χ4v) is 1.99. The number of anilines is 1.